The van der Waals surface area contributed by atoms with Crippen LogP contribution in [0.25, 0.3) is 0 Å². The van der Waals surface area contributed by atoms with Gasteiger partial charge in [0.05, 0.1) is 7.11 Å². The first kappa shape index (κ1) is 14.5. The molecule has 106 valence electrons. The minimum Gasteiger partial charge on any atom is -0.496 e. The van der Waals surface area contributed by atoms with Gasteiger partial charge in [0.1, 0.15) is 5.75 Å². The number of rotatable bonds is 7. The molecule has 20 heavy (non-hydrogen) atoms. The summed E-state index contributed by atoms with van der Waals surface area (Å²) in [6.45, 7) is 1.33. The standard InChI is InChI=1S/C16H21N3O/c1-20-16-7-3-2-6-14(16)12-19-15(10-17)9-13-5-4-8-18-11-13/h2-8,11,15,19H,9-10,12,17H2,1H3. The molecule has 0 saturated heterocycles. The fourth-order valence-electron chi connectivity index (χ4n) is 2.15. The number of nitrogens with two attached hydrogens (primary N) is 1. The maximum absolute atomic E-state index is 5.84. The lowest BCUT2D eigenvalue weighted by atomic mass is 10.1. The molecule has 0 fully saturated rings. The van der Waals surface area contributed by atoms with E-state index in [2.05, 4.69) is 22.4 Å². The molecule has 0 bridgehead atoms. The van der Waals surface area contributed by atoms with Gasteiger partial charge in [-0.25, -0.2) is 0 Å². The van der Waals surface area contributed by atoms with Gasteiger partial charge in [-0.15, -0.1) is 0 Å². The van der Waals surface area contributed by atoms with Gasteiger partial charge in [-0.05, 0) is 24.1 Å². The van der Waals surface area contributed by atoms with E-state index in [-0.39, 0.29) is 6.04 Å². The van der Waals surface area contributed by atoms with Crippen molar-refractivity contribution in [2.24, 2.45) is 5.73 Å². The molecule has 0 aliphatic rings. The third kappa shape index (κ3) is 4.05. The van der Waals surface area contributed by atoms with Gasteiger partial charge >= 0.3 is 0 Å². The van der Waals surface area contributed by atoms with Gasteiger partial charge in [0.15, 0.2) is 0 Å². The third-order valence-electron chi connectivity index (χ3n) is 3.26. The second-order valence-corrected chi connectivity index (χ2v) is 4.69. The van der Waals surface area contributed by atoms with E-state index in [0.29, 0.717) is 6.54 Å². The summed E-state index contributed by atoms with van der Waals surface area (Å²) in [6.07, 6.45) is 4.54. The number of para-hydroxylation sites is 1. The van der Waals surface area contributed by atoms with Gasteiger partial charge in [0, 0.05) is 37.1 Å². The first-order valence-corrected chi connectivity index (χ1v) is 6.77. The zero-order valence-electron chi connectivity index (χ0n) is 11.8. The van der Waals surface area contributed by atoms with Crippen molar-refractivity contribution in [1.29, 1.82) is 0 Å². The molecule has 0 spiro atoms. The molecule has 1 unspecified atom stereocenters. The third-order valence-corrected chi connectivity index (χ3v) is 3.26. The number of aromatic nitrogens is 1. The largest absolute Gasteiger partial charge is 0.496 e. The number of nitrogens with one attached hydrogen (secondary N) is 1. The van der Waals surface area contributed by atoms with Crippen LogP contribution in [-0.2, 0) is 13.0 Å². The van der Waals surface area contributed by atoms with Crippen LogP contribution < -0.4 is 15.8 Å². The maximum Gasteiger partial charge on any atom is 0.123 e. The molecule has 4 heteroatoms. The summed E-state index contributed by atoms with van der Waals surface area (Å²) in [6, 6.07) is 12.3. The van der Waals surface area contributed by atoms with Crippen LogP contribution in [0.2, 0.25) is 0 Å². The Morgan fingerprint density at radius 2 is 2.10 bits per heavy atom. The number of benzene rings is 1. The van der Waals surface area contributed by atoms with Crippen LogP contribution >= 0.6 is 0 Å². The number of nitrogens with zero attached hydrogens (tertiary/aromatic N) is 1. The lowest BCUT2D eigenvalue weighted by molar-refractivity contribution is 0.404. The highest BCUT2D eigenvalue weighted by Crippen LogP contribution is 2.17. The molecule has 0 amide bonds. The molecule has 0 aliphatic heterocycles. The van der Waals surface area contributed by atoms with E-state index in [9.17, 15) is 0 Å². The lowest BCUT2D eigenvalue weighted by Crippen LogP contribution is -2.37. The SMILES string of the molecule is COc1ccccc1CNC(CN)Cc1cccnc1. The topological polar surface area (TPSA) is 60.2 Å². The molecular formula is C16H21N3O. The fraction of sp³-hybridized carbons (Fsp3) is 0.312. The smallest absolute Gasteiger partial charge is 0.123 e. The molecule has 0 radical (unpaired) electrons. The Kier molecular flexibility index (Phi) is 5.53. The Morgan fingerprint density at radius 1 is 1.25 bits per heavy atom. The van der Waals surface area contributed by atoms with Crippen molar-refractivity contribution in [1.82, 2.24) is 10.3 Å². The van der Waals surface area contributed by atoms with Gasteiger partial charge in [0.2, 0.25) is 0 Å². The van der Waals surface area contributed by atoms with Gasteiger partial charge in [-0.2, -0.15) is 0 Å². The van der Waals surface area contributed by atoms with Crippen molar-refractivity contribution in [2.75, 3.05) is 13.7 Å². The normalized spacial score (nSPS) is 12.1. The van der Waals surface area contributed by atoms with E-state index in [1.807, 2.05) is 30.5 Å². The van der Waals surface area contributed by atoms with Crippen LogP contribution in [0.1, 0.15) is 11.1 Å². The summed E-state index contributed by atoms with van der Waals surface area (Å²) < 4.78 is 5.35. The van der Waals surface area contributed by atoms with E-state index in [1.54, 1.807) is 13.3 Å². The molecule has 1 heterocycles. The molecule has 3 N–H and O–H groups in total. The minimum atomic E-state index is 0.226. The molecule has 2 aromatic rings. The van der Waals surface area contributed by atoms with Crippen molar-refractivity contribution >= 4 is 0 Å². The molecule has 1 aromatic heterocycles. The number of ether oxygens (including phenoxy) is 1. The first-order chi connectivity index (χ1) is 9.83. The highest BCUT2D eigenvalue weighted by atomic mass is 16.5. The van der Waals surface area contributed by atoms with E-state index >= 15 is 0 Å². The maximum atomic E-state index is 5.84. The predicted molar refractivity (Wildman–Crippen MR) is 80.6 cm³/mol. The van der Waals surface area contributed by atoms with Crippen LogP contribution in [0.4, 0.5) is 0 Å². The molecule has 1 atom stereocenters. The van der Waals surface area contributed by atoms with E-state index < -0.39 is 0 Å². The average Bonchev–Trinajstić information content (AvgIpc) is 2.52. The average molecular weight is 271 g/mol. The Bertz CT molecular complexity index is 516. The van der Waals surface area contributed by atoms with Crippen LogP contribution in [0.3, 0.4) is 0 Å². The van der Waals surface area contributed by atoms with Gasteiger partial charge < -0.3 is 15.8 Å². The van der Waals surface area contributed by atoms with Crippen molar-refractivity contribution in [2.45, 2.75) is 19.0 Å². The fourth-order valence-corrected chi connectivity index (χ4v) is 2.15. The Labute approximate surface area is 120 Å². The molecule has 2 rings (SSSR count). The molecule has 1 aromatic carbocycles. The van der Waals surface area contributed by atoms with Crippen LogP contribution in [0.5, 0.6) is 5.75 Å². The number of hydrogen-bond donors (Lipinski definition) is 2. The molecular weight excluding hydrogens is 250 g/mol. The second kappa shape index (κ2) is 7.62. The molecule has 0 saturated carbocycles. The van der Waals surface area contributed by atoms with Crippen molar-refractivity contribution in [3.05, 3.63) is 59.9 Å². The summed E-state index contributed by atoms with van der Waals surface area (Å²) in [7, 11) is 1.69. The second-order valence-electron chi connectivity index (χ2n) is 4.69. The van der Waals surface area contributed by atoms with Crippen molar-refractivity contribution < 1.29 is 4.74 Å². The summed E-state index contributed by atoms with van der Waals surface area (Å²) in [4.78, 5) is 4.13. The quantitative estimate of drug-likeness (QED) is 0.805. The number of methoxy groups -OCH3 is 1. The first-order valence-electron chi connectivity index (χ1n) is 6.77. The van der Waals surface area contributed by atoms with Crippen LogP contribution in [0, 0.1) is 0 Å². The summed E-state index contributed by atoms with van der Waals surface area (Å²) in [5.74, 6) is 0.900. The minimum absolute atomic E-state index is 0.226. The molecule has 4 nitrogen and oxygen atoms in total. The lowest BCUT2D eigenvalue weighted by Gasteiger charge is -2.18. The van der Waals surface area contributed by atoms with Crippen molar-refractivity contribution in [3.63, 3.8) is 0 Å². The highest BCUT2D eigenvalue weighted by molar-refractivity contribution is 5.33. The summed E-state index contributed by atoms with van der Waals surface area (Å²) in [5.41, 5.74) is 8.17. The Hall–Kier alpha value is -1.91. The Morgan fingerprint density at radius 3 is 2.80 bits per heavy atom. The van der Waals surface area contributed by atoms with Crippen molar-refractivity contribution in [3.8, 4) is 5.75 Å². The summed E-state index contributed by atoms with van der Waals surface area (Å²) in [5, 5.41) is 3.48. The van der Waals surface area contributed by atoms with E-state index in [4.69, 9.17) is 10.5 Å². The monoisotopic (exact) mass is 271 g/mol. The highest BCUT2D eigenvalue weighted by Gasteiger charge is 2.09. The number of hydrogen-bond acceptors (Lipinski definition) is 4. The zero-order chi connectivity index (χ0) is 14.2. The molecule has 0 aliphatic carbocycles. The van der Waals surface area contributed by atoms with Crippen LogP contribution in [-0.4, -0.2) is 24.7 Å². The van der Waals surface area contributed by atoms with Gasteiger partial charge in [-0.3, -0.25) is 4.98 Å². The van der Waals surface area contributed by atoms with E-state index in [0.717, 1.165) is 24.3 Å². The Balaban J connectivity index is 1.94. The predicted octanol–water partition coefficient (Wildman–Crippen LogP) is 1.75. The number of pyridine rings is 1. The van der Waals surface area contributed by atoms with E-state index in [1.165, 1.54) is 5.56 Å². The zero-order valence-corrected chi connectivity index (χ0v) is 11.8. The van der Waals surface area contributed by atoms with Gasteiger partial charge in [0.25, 0.3) is 0 Å². The van der Waals surface area contributed by atoms with Gasteiger partial charge in [-0.1, -0.05) is 24.3 Å². The summed E-state index contributed by atoms with van der Waals surface area (Å²) >= 11 is 0. The van der Waals surface area contributed by atoms with Crippen LogP contribution in [0.15, 0.2) is 48.8 Å².